The van der Waals surface area contributed by atoms with Gasteiger partial charge in [0.15, 0.2) is 5.78 Å². The molecule has 5 heteroatoms. The number of rotatable bonds is 6. The monoisotopic (exact) mass is 217 g/mol. The van der Waals surface area contributed by atoms with Crippen LogP contribution in [0.1, 0.15) is 6.92 Å². The fraction of sp³-hybridized carbons (Fsp3) is 0.556. The summed E-state index contributed by atoms with van der Waals surface area (Å²) in [5.41, 5.74) is 5.76. The predicted molar refractivity (Wildman–Crippen MR) is 57.3 cm³/mol. The molecule has 4 nitrogen and oxygen atoms in total. The van der Waals surface area contributed by atoms with Crippen molar-refractivity contribution in [1.82, 2.24) is 0 Å². The number of allylic oxidation sites excluding steroid dienone is 1. The molecule has 0 amide bonds. The molecule has 0 aromatic carbocycles. The molecule has 0 spiro atoms. The molecule has 80 valence electrons. The van der Waals surface area contributed by atoms with Gasteiger partial charge in [-0.2, -0.15) is 11.8 Å². The van der Waals surface area contributed by atoms with E-state index in [-0.39, 0.29) is 5.78 Å². The van der Waals surface area contributed by atoms with Gasteiger partial charge in [-0.25, -0.2) is 0 Å². The lowest BCUT2D eigenvalue weighted by molar-refractivity contribution is -0.141. The molecule has 14 heavy (non-hydrogen) atoms. The Labute approximate surface area is 87.5 Å². The van der Waals surface area contributed by atoms with Crippen LogP contribution in [-0.2, 0) is 9.59 Å². The van der Waals surface area contributed by atoms with Gasteiger partial charge < -0.3 is 10.8 Å². The Morgan fingerprint density at radius 2 is 2.07 bits per heavy atom. The summed E-state index contributed by atoms with van der Waals surface area (Å²) in [5, 5.41) is 8.69. The Morgan fingerprint density at radius 3 is 2.36 bits per heavy atom. The molecule has 0 aliphatic heterocycles. The summed E-state index contributed by atoms with van der Waals surface area (Å²) in [5.74, 6) is -1.70. The van der Waals surface area contributed by atoms with Crippen LogP contribution < -0.4 is 5.73 Å². The normalized spacial score (nSPS) is 14.5. The third-order valence-electron chi connectivity index (χ3n) is 1.82. The lowest BCUT2D eigenvalue weighted by Crippen LogP contribution is -2.43. The standard InChI is InChI=1S/C9H15NO3S/c1-5(2)8(11)6(4-14-3)7(10)9(12)13/h6-7H,1,4,10H2,2-3H3,(H,12,13). The Kier molecular flexibility index (Phi) is 5.49. The molecule has 0 aromatic rings. The van der Waals surface area contributed by atoms with E-state index in [1.807, 2.05) is 0 Å². The van der Waals surface area contributed by atoms with E-state index >= 15 is 0 Å². The van der Waals surface area contributed by atoms with Crippen LogP contribution in [-0.4, -0.2) is 34.9 Å². The highest BCUT2D eigenvalue weighted by molar-refractivity contribution is 7.98. The molecule has 0 heterocycles. The van der Waals surface area contributed by atoms with Gasteiger partial charge in [0, 0.05) is 5.75 Å². The zero-order chi connectivity index (χ0) is 11.3. The van der Waals surface area contributed by atoms with Crippen LogP contribution in [0.3, 0.4) is 0 Å². The Hall–Kier alpha value is -0.810. The van der Waals surface area contributed by atoms with Crippen LogP contribution in [0.15, 0.2) is 12.2 Å². The van der Waals surface area contributed by atoms with Crippen molar-refractivity contribution in [3.63, 3.8) is 0 Å². The Balaban J connectivity index is 4.66. The highest BCUT2D eigenvalue weighted by Gasteiger charge is 2.30. The lowest BCUT2D eigenvalue weighted by Gasteiger charge is -2.18. The third kappa shape index (κ3) is 3.51. The van der Waals surface area contributed by atoms with Crippen LogP contribution in [0.25, 0.3) is 0 Å². The topological polar surface area (TPSA) is 80.4 Å². The molecule has 0 saturated carbocycles. The van der Waals surface area contributed by atoms with E-state index in [4.69, 9.17) is 10.8 Å². The van der Waals surface area contributed by atoms with Crippen molar-refractivity contribution in [2.24, 2.45) is 11.7 Å². The van der Waals surface area contributed by atoms with E-state index in [0.29, 0.717) is 11.3 Å². The van der Waals surface area contributed by atoms with Gasteiger partial charge in [-0.3, -0.25) is 9.59 Å². The minimum atomic E-state index is -1.15. The lowest BCUT2D eigenvalue weighted by atomic mass is 9.94. The first-order valence-corrected chi connectivity index (χ1v) is 5.48. The number of nitrogens with two attached hydrogens (primary N) is 1. The van der Waals surface area contributed by atoms with E-state index in [1.165, 1.54) is 11.8 Å². The first kappa shape index (κ1) is 13.2. The summed E-state index contributed by atoms with van der Waals surface area (Å²) in [6, 6.07) is -1.15. The quantitative estimate of drug-likeness (QED) is 0.634. The first-order valence-electron chi connectivity index (χ1n) is 4.08. The van der Waals surface area contributed by atoms with Crippen LogP contribution in [0.5, 0.6) is 0 Å². The maximum atomic E-state index is 11.5. The summed E-state index contributed by atoms with van der Waals surface area (Å²) >= 11 is 1.40. The van der Waals surface area contributed by atoms with Gasteiger partial charge in [-0.1, -0.05) is 6.58 Å². The van der Waals surface area contributed by atoms with Crippen LogP contribution in [0.2, 0.25) is 0 Å². The van der Waals surface area contributed by atoms with Gasteiger partial charge in [0.2, 0.25) is 0 Å². The van der Waals surface area contributed by atoms with Crippen molar-refractivity contribution in [1.29, 1.82) is 0 Å². The van der Waals surface area contributed by atoms with Crippen molar-refractivity contribution in [2.75, 3.05) is 12.0 Å². The fourth-order valence-electron chi connectivity index (χ4n) is 1.01. The second kappa shape index (κ2) is 5.82. The number of Topliss-reactive ketones (excluding diaryl/α,β-unsaturated/α-hetero) is 1. The van der Waals surface area contributed by atoms with Gasteiger partial charge in [-0.05, 0) is 18.8 Å². The minimum Gasteiger partial charge on any atom is -0.480 e. The van der Waals surface area contributed by atoms with E-state index in [1.54, 1.807) is 13.2 Å². The molecule has 0 fully saturated rings. The number of carboxylic acid groups (broad SMARTS) is 1. The number of ketones is 1. The molecule has 0 bridgehead atoms. The number of thioether (sulfide) groups is 1. The van der Waals surface area contributed by atoms with Gasteiger partial charge in [0.05, 0.1) is 5.92 Å². The largest absolute Gasteiger partial charge is 0.480 e. The molecule has 3 N–H and O–H groups in total. The second-order valence-corrected chi connectivity index (χ2v) is 3.98. The molecule has 0 saturated heterocycles. The zero-order valence-corrected chi connectivity index (χ0v) is 9.13. The van der Waals surface area contributed by atoms with E-state index in [0.717, 1.165) is 0 Å². The number of hydrogen-bond acceptors (Lipinski definition) is 4. The molecule has 0 aliphatic rings. The maximum Gasteiger partial charge on any atom is 0.321 e. The van der Waals surface area contributed by atoms with Gasteiger partial charge >= 0.3 is 5.97 Å². The smallest absolute Gasteiger partial charge is 0.321 e. The molecule has 0 aromatic heterocycles. The molecule has 0 aliphatic carbocycles. The summed E-state index contributed by atoms with van der Waals surface area (Å²) in [4.78, 5) is 22.1. The molecule has 2 unspecified atom stereocenters. The highest BCUT2D eigenvalue weighted by Crippen LogP contribution is 2.14. The molecule has 0 rings (SSSR count). The second-order valence-electron chi connectivity index (χ2n) is 3.07. The third-order valence-corrected chi connectivity index (χ3v) is 2.51. The number of carbonyl (C=O) groups is 2. The summed E-state index contributed by atoms with van der Waals surface area (Å²) < 4.78 is 0. The zero-order valence-electron chi connectivity index (χ0n) is 8.32. The number of aliphatic carboxylic acids is 1. The van der Waals surface area contributed by atoms with Crippen LogP contribution >= 0.6 is 11.8 Å². The Morgan fingerprint density at radius 1 is 1.57 bits per heavy atom. The average Bonchev–Trinajstić information content (AvgIpc) is 2.11. The van der Waals surface area contributed by atoms with Gasteiger partial charge in [0.25, 0.3) is 0 Å². The Bertz CT molecular complexity index is 252. The highest BCUT2D eigenvalue weighted by atomic mass is 32.2. The van der Waals surface area contributed by atoms with E-state index in [2.05, 4.69) is 6.58 Å². The predicted octanol–water partition coefficient (Wildman–Crippen LogP) is 0.523. The van der Waals surface area contributed by atoms with Crippen molar-refractivity contribution in [3.05, 3.63) is 12.2 Å². The molecular formula is C9H15NO3S. The maximum absolute atomic E-state index is 11.5. The SMILES string of the molecule is C=C(C)C(=O)C(CSC)C(N)C(=O)O. The van der Waals surface area contributed by atoms with Crippen molar-refractivity contribution < 1.29 is 14.7 Å². The summed E-state index contributed by atoms with van der Waals surface area (Å²) in [7, 11) is 0. The van der Waals surface area contributed by atoms with Crippen LogP contribution in [0.4, 0.5) is 0 Å². The number of carbonyl (C=O) groups excluding carboxylic acids is 1. The van der Waals surface area contributed by atoms with E-state index in [9.17, 15) is 9.59 Å². The number of carboxylic acids is 1. The fourth-order valence-corrected chi connectivity index (χ4v) is 1.73. The minimum absolute atomic E-state index is 0.269. The van der Waals surface area contributed by atoms with E-state index < -0.39 is 17.9 Å². The summed E-state index contributed by atoms with van der Waals surface area (Å²) in [6.07, 6.45) is 1.80. The van der Waals surface area contributed by atoms with Crippen molar-refractivity contribution >= 4 is 23.5 Å². The van der Waals surface area contributed by atoms with Gasteiger partial charge in [0.1, 0.15) is 6.04 Å². The van der Waals surface area contributed by atoms with Gasteiger partial charge in [-0.15, -0.1) is 0 Å². The van der Waals surface area contributed by atoms with Crippen molar-refractivity contribution in [3.8, 4) is 0 Å². The summed E-state index contributed by atoms with van der Waals surface area (Å²) in [6.45, 7) is 5.05. The number of hydrogen-bond donors (Lipinski definition) is 2. The molecular weight excluding hydrogens is 202 g/mol. The molecule has 0 radical (unpaired) electrons. The molecule has 2 atom stereocenters. The first-order chi connectivity index (χ1) is 6.41. The van der Waals surface area contributed by atoms with Crippen LogP contribution in [0, 0.1) is 5.92 Å². The van der Waals surface area contributed by atoms with Crippen molar-refractivity contribution in [2.45, 2.75) is 13.0 Å². The average molecular weight is 217 g/mol.